The molecular weight excluding hydrogens is 184 g/mol. The van der Waals surface area contributed by atoms with Crippen molar-refractivity contribution in [3.8, 4) is 0 Å². The average Bonchev–Trinajstić information content (AvgIpc) is 2.55. The lowest BCUT2D eigenvalue weighted by atomic mass is 10.0. The van der Waals surface area contributed by atoms with Crippen molar-refractivity contribution in [2.45, 2.75) is 38.6 Å². The van der Waals surface area contributed by atoms with E-state index in [2.05, 4.69) is 28.9 Å². The Balaban J connectivity index is 1.87. The third kappa shape index (κ3) is 3.05. The van der Waals surface area contributed by atoms with Crippen molar-refractivity contribution in [2.75, 3.05) is 32.7 Å². The second-order valence-corrected chi connectivity index (χ2v) is 4.75. The molecule has 0 N–H and O–H groups in total. The van der Waals surface area contributed by atoms with E-state index in [4.69, 9.17) is 0 Å². The van der Waals surface area contributed by atoms with Crippen LogP contribution >= 0.6 is 0 Å². The zero-order valence-corrected chi connectivity index (χ0v) is 9.99. The number of hydrogen-bond acceptors (Lipinski definition) is 2. The van der Waals surface area contributed by atoms with Crippen LogP contribution in [0.2, 0.25) is 0 Å². The van der Waals surface area contributed by atoms with Crippen molar-refractivity contribution < 1.29 is 0 Å². The van der Waals surface area contributed by atoms with E-state index < -0.39 is 0 Å². The first-order chi connectivity index (χ1) is 7.40. The van der Waals surface area contributed by atoms with Gasteiger partial charge < -0.3 is 4.90 Å². The minimum Gasteiger partial charge on any atom is -0.302 e. The summed E-state index contributed by atoms with van der Waals surface area (Å²) in [5.74, 6) is 0. The van der Waals surface area contributed by atoms with Gasteiger partial charge in [0.05, 0.1) is 0 Å². The number of hydrogen-bond donors (Lipinski definition) is 0. The molecule has 0 bridgehead atoms. The molecule has 1 aliphatic carbocycles. The predicted molar refractivity (Wildman–Crippen MR) is 65.1 cm³/mol. The zero-order valence-electron chi connectivity index (χ0n) is 9.99. The summed E-state index contributed by atoms with van der Waals surface area (Å²) < 4.78 is 0. The van der Waals surface area contributed by atoms with Gasteiger partial charge in [-0.15, -0.1) is 0 Å². The van der Waals surface area contributed by atoms with E-state index >= 15 is 0 Å². The molecule has 0 saturated carbocycles. The first-order valence-corrected chi connectivity index (χ1v) is 6.53. The molecule has 0 amide bonds. The molecule has 1 fully saturated rings. The van der Waals surface area contributed by atoms with E-state index in [1.54, 1.807) is 0 Å². The zero-order chi connectivity index (χ0) is 10.5. The van der Waals surface area contributed by atoms with Crippen LogP contribution in [-0.4, -0.2) is 48.6 Å². The van der Waals surface area contributed by atoms with E-state index in [0.29, 0.717) is 0 Å². The maximum atomic E-state index is 2.69. The summed E-state index contributed by atoms with van der Waals surface area (Å²) in [6.07, 6.45) is 10.2. The molecule has 1 heterocycles. The normalized spacial score (nSPS) is 30.3. The Morgan fingerprint density at radius 1 is 1.13 bits per heavy atom. The molecule has 1 atom stereocenters. The van der Waals surface area contributed by atoms with Gasteiger partial charge in [0.25, 0.3) is 0 Å². The molecule has 0 aromatic carbocycles. The van der Waals surface area contributed by atoms with Crippen LogP contribution in [0.3, 0.4) is 0 Å². The van der Waals surface area contributed by atoms with Crippen LogP contribution in [0.1, 0.15) is 32.6 Å². The summed E-state index contributed by atoms with van der Waals surface area (Å²) in [4.78, 5) is 5.26. The van der Waals surface area contributed by atoms with Gasteiger partial charge in [-0.3, -0.25) is 4.90 Å². The third-order valence-corrected chi connectivity index (χ3v) is 3.77. The van der Waals surface area contributed by atoms with Crippen LogP contribution in [-0.2, 0) is 0 Å². The van der Waals surface area contributed by atoms with E-state index in [9.17, 15) is 0 Å². The maximum Gasteiger partial charge on any atom is 0.0278 e. The maximum absolute atomic E-state index is 2.69. The van der Waals surface area contributed by atoms with Crippen molar-refractivity contribution in [1.29, 1.82) is 0 Å². The lowest BCUT2D eigenvalue weighted by Gasteiger charge is -2.30. The Bertz CT molecular complexity index is 213. The highest BCUT2D eigenvalue weighted by molar-refractivity contribution is 4.99. The molecule has 2 heteroatoms. The fraction of sp³-hybridized carbons (Fsp3) is 0.846. The first kappa shape index (κ1) is 11.2. The van der Waals surface area contributed by atoms with Crippen molar-refractivity contribution in [3.05, 3.63) is 12.2 Å². The Kier molecular flexibility index (Phi) is 4.21. The molecule has 1 unspecified atom stereocenters. The van der Waals surface area contributed by atoms with E-state index in [1.807, 2.05) is 0 Å². The molecule has 86 valence electrons. The van der Waals surface area contributed by atoms with E-state index in [0.717, 1.165) is 6.04 Å². The first-order valence-electron chi connectivity index (χ1n) is 6.53. The number of likely N-dealkylation sites (N-methyl/N-ethyl adjacent to an activating group) is 1. The monoisotopic (exact) mass is 208 g/mol. The molecule has 2 aliphatic rings. The van der Waals surface area contributed by atoms with Gasteiger partial charge >= 0.3 is 0 Å². The fourth-order valence-corrected chi connectivity index (χ4v) is 2.74. The molecule has 2 rings (SSSR count). The van der Waals surface area contributed by atoms with Crippen molar-refractivity contribution in [1.82, 2.24) is 9.80 Å². The van der Waals surface area contributed by atoms with Crippen LogP contribution in [0.25, 0.3) is 0 Å². The highest BCUT2D eigenvalue weighted by Crippen LogP contribution is 2.17. The van der Waals surface area contributed by atoms with Crippen LogP contribution in [0.15, 0.2) is 12.2 Å². The van der Waals surface area contributed by atoms with Gasteiger partial charge in [-0.1, -0.05) is 19.1 Å². The van der Waals surface area contributed by atoms with E-state index in [1.165, 1.54) is 58.4 Å². The number of rotatable bonds is 2. The van der Waals surface area contributed by atoms with Gasteiger partial charge in [0.2, 0.25) is 0 Å². The lowest BCUT2D eigenvalue weighted by Crippen LogP contribution is -2.38. The Morgan fingerprint density at radius 3 is 2.80 bits per heavy atom. The van der Waals surface area contributed by atoms with Gasteiger partial charge in [0, 0.05) is 19.1 Å². The minimum absolute atomic E-state index is 0.746. The van der Waals surface area contributed by atoms with Crippen LogP contribution in [0, 0.1) is 0 Å². The van der Waals surface area contributed by atoms with Crippen molar-refractivity contribution >= 4 is 0 Å². The van der Waals surface area contributed by atoms with Crippen LogP contribution in [0.5, 0.6) is 0 Å². The van der Waals surface area contributed by atoms with Gasteiger partial charge in [-0.2, -0.15) is 0 Å². The largest absolute Gasteiger partial charge is 0.302 e. The second kappa shape index (κ2) is 5.66. The molecule has 0 radical (unpaired) electrons. The quantitative estimate of drug-likeness (QED) is 0.641. The van der Waals surface area contributed by atoms with Crippen molar-refractivity contribution in [3.63, 3.8) is 0 Å². The second-order valence-electron chi connectivity index (χ2n) is 4.75. The average molecular weight is 208 g/mol. The molecule has 1 aliphatic heterocycles. The Hall–Kier alpha value is -0.340. The predicted octanol–water partition coefficient (Wildman–Crippen LogP) is 2.12. The van der Waals surface area contributed by atoms with Crippen LogP contribution < -0.4 is 0 Å². The molecule has 1 saturated heterocycles. The molecule has 0 aromatic heterocycles. The molecule has 2 nitrogen and oxygen atoms in total. The van der Waals surface area contributed by atoms with E-state index in [-0.39, 0.29) is 0 Å². The smallest absolute Gasteiger partial charge is 0.0278 e. The molecule has 15 heavy (non-hydrogen) atoms. The van der Waals surface area contributed by atoms with Gasteiger partial charge in [-0.05, 0) is 45.3 Å². The Morgan fingerprint density at radius 2 is 2.07 bits per heavy atom. The summed E-state index contributed by atoms with van der Waals surface area (Å²) in [5, 5.41) is 0. The summed E-state index contributed by atoms with van der Waals surface area (Å²) in [7, 11) is 0. The Labute approximate surface area is 93.9 Å². The summed E-state index contributed by atoms with van der Waals surface area (Å²) in [5.41, 5.74) is 0. The van der Waals surface area contributed by atoms with Crippen LogP contribution in [0.4, 0.5) is 0 Å². The van der Waals surface area contributed by atoms with Gasteiger partial charge in [0.1, 0.15) is 0 Å². The third-order valence-electron chi connectivity index (χ3n) is 3.77. The summed E-state index contributed by atoms with van der Waals surface area (Å²) in [6, 6.07) is 0.746. The number of allylic oxidation sites excluding steroid dienone is 1. The molecular formula is C13H24N2. The van der Waals surface area contributed by atoms with Gasteiger partial charge in [0.15, 0.2) is 0 Å². The summed E-state index contributed by atoms with van der Waals surface area (Å²) in [6.45, 7) is 8.61. The topological polar surface area (TPSA) is 6.48 Å². The standard InChI is InChI=1S/C13H24N2/c1-2-14-9-6-10-15(12-11-14)13-7-4-3-5-8-13/h4,7,13H,2-3,5-6,8-12H2,1H3. The molecule has 0 spiro atoms. The fourth-order valence-electron chi connectivity index (χ4n) is 2.74. The lowest BCUT2D eigenvalue weighted by molar-refractivity contribution is 0.215. The van der Waals surface area contributed by atoms with Gasteiger partial charge in [-0.25, -0.2) is 0 Å². The van der Waals surface area contributed by atoms with Crippen molar-refractivity contribution in [2.24, 2.45) is 0 Å². The summed E-state index contributed by atoms with van der Waals surface area (Å²) >= 11 is 0. The highest BCUT2D eigenvalue weighted by Gasteiger charge is 2.20. The molecule has 0 aromatic rings. The highest BCUT2D eigenvalue weighted by atomic mass is 15.2. The number of nitrogens with zero attached hydrogens (tertiary/aromatic N) is 2. The minimum atomic E-state index is 0.746. The SMILES string of the molecule is CCN1CCCN(C2C=CCCC2)CC1.